The molecule has 4 heteroatoms. The van der Waals surface area contributed by atoms with Gasteiger partial charge in [0.2, 0.25) is 12.1 Å². The molecule has 0 unspecified atom stereocenters. The molecule has 0 atom stereocenters. The van der Waals surface area contributed by atoms with E-state index in [9.17, 15) is 0 Å². The van der Waals surface area contributed by atoms with Crippen LogP contribution in [0.4, 0.5) is 0 Å². The summed E-state index contributed by atoms with van der Waals surface area (Å²) in [6.45, 7) is 0. The normalized spacial score (nSPS) is 10.6. The minimum Gasteiger partial charge on any atom is -0.438 e. The van der Waals surface area contributed by atoms with Gasteiger partial charge in [0.1, 0.15) is 5.75 Å². The lowest BCUT2D eigenvalue weighted by molar-refractivity contribution is 0.552. The van der Waals surface area contributed by atoms with Gasteiger partial charge in [-0.1, -0.05) is 18.2 Å². The summed E-state index contributed by atoms with van der Waals surface area (Å²) in [7, 11) is 0. The lowest BCUT2D eigenvalue weighted by atomic mass is 10.3. The molecule has 82 valence electrons. The first-order valence-corrected chi connectivity index (χ1v) is 5.00. The monoisotopic (exact) mass is 223 g/mol. The lowest BCUT2D eigenvalue weighted by Gasteiger charge is -2.06. The average Bonchev–Trinajstić information content (AvgIpc) is 2.40. The van der Waals surface area contributed by atoms with E-state index in [4.69, 9.17) is 10.00 Å². The van der Waals surface area contributed by atoms with Gasteiger partial charge in [-0.3, -0.25) is 4.98 Å². The zero-order chi connectivity index (χ0) is 11.9. The van der Waals surface area contributed by atoms with E-state index in [1.54, 1.807) is 42.9 Å². The largest absolute Gasteiger partial charge is 0.438 e. The van der Waals surface area contributed by atoms with E-state index < -0.39 is 0 Å². The van der Waals surface area contributed by atoms with Crippen molar-refractivity contribution in [1.29, 1.82) is 5.26 Å². The quantitative estimate of drug-likeness (QED) is 0.446. The van der Waals surface area contributed by atoms with Crippen LogP contribution in [0.25, 0.3) is 0 Å². The van der Waals surface area contributed by atoms with Gasteiger partial charge in [-0.05, 0) is 24.3 Å². The minimum atomic E-state index is 0.242. The van der Waals surface area contributed by atoms with Gasteiger partial charge in [-0.15, -0.1) is 4.99 Å². The molecule has 0 fully saturated rings. The standard InChI is InChI=1S/C13H9N3O/c14-10-16-13(11-5-4-8-15-9-11)17-12-6-2-1-3-7-12/h1-9H. The Labute approximate surface area is 98.8 Å². The van der Waals surface area contributed by atoms with Crippen LogP contribution in [-0.4, -0.2) is 10.9 Å². The Bertz CT molecular complexity index is 544. The number of hydrogen-bond donors (Lipinski definition) is 0. The Morgan fingerprint density at radius 3 is 2.65 bits per heavy atom. The van der Waals surface area contributed by atoms with Crippen molar-refractivity contribution in [3.8, 4) is 11.9 Å². The first kappa shape index (κ1) is 10.8. The van der Waals surface area contributed by atoms with Crippen molar-refractivity contribution in [3.05, 3.63) is 60.4 Å². The summed E-state index contributed by atoms with van der Waals surface area (Å²) >= 11 is 0. The Morgan fingerprint density at radius 1 is 1.18 bits per heavy atom. The Morgan fingerprint density at radius 2 is 2.00 bits per heavy atom. The van der Waals surface area contributed by atoms with E-state index in [1.807, 2.05) is 18.2 Å². The number of para-hydroxylation sites is 1. The minimum absolute atomic E-state index is 0.242. The van der Waals surface area contributed by atoms with Crippen LogP contribution in [0.5, 0.6) is 5.75 Å². The highest BCUT2D eigenvalue weighted by Gasteiger charge is 2.06. The van der Waals surface area contributed by atoms with Crippen molar-refractivity contribution in [3.63, 3.8) is 0 Å². The molecule has 0 spiro atoms. The molecule has 0 radical (unpaired) electrons. The van der Waals surface area contributed by atoms with Crippen LogP contribution >= 0.6 is 0 Å². The summed E-state index contributed by atoms with van der Waals surface area (Å²) in [4.78, 5) is 7.61. The third-order valence-electron chi connectivity index (χ3n) is 2.02. The van der Waals surface area contributed by atoms with E-state index >= 15 is 0 Å². The Balaban J connectivity index is 2.27. The zero-order valence-electron chi connectivity index (χ0n) is 8.95. The number of nitrogens with zero attached hydrogens (tertiary/aromatic N) is 3. The lowest BCUT2D eigenvalue weighted by Crippen LogP contribution is -2.10. The van der Waals surface area contributed by atoms with Crippen molar-refractivity contribution < 1.29 is 4.74 Å². The SMILES string of the molecule is N#CN=C(Oc1ccccc1)c1cccnc1. The molecule has 2 rings (SSSR count). The summed E-state index contributed by atoms with van der Waals surface area (Å²) in [5.74, 6) is 0.872. The fourth-order valence-electron chi connectivity index (χ4n) is 1.28. The molecule has 0 N–H and O–H groups in total. The van der Waals surface area contributed by atoms with Crippen LogP contribution in [0.2, 0.25) is 0 Å². The Kier molecular flexibility index (Phi) is 3.46. The van der Waals surface area contributed by atoms with Crippen molar-refractivity contribution >= 4 is 5.90 Å². The highest BCUT2D eigenvalue weighted by Crippen LogP contribution is 2.11. The second-order valence-electron chi connectivity index (χ2n) is 3.17. The predicted octanol–water partition coefficient (Wildman–Crippen LogP) is 2.39. The summed E-state index contributed by atoms with van der Waals surface area (Å²) < 4.78 is 5.53. The zero-order valence-corrected chi connectivity index (χ0v) is 8.95. The first-order valence-electron chi connectivity index (χ1n) is 5.00. The molecule has 0 aliphatic carbocycles. The van der Waals surface area contributed by atoms with Crippen molar-refractivity contribution in [1.82, 2.24) is 4.98 Å². The topological polar surface area (TPSA) is 58.3 Å². The maximum absolute atomic E-state index is 8.64. The summed E-state index contributed by atoms with van der Waals surface area (Å²) in [5.41, 5.74) is 0.665. The number of rotatable bonds is 2. The molecule has 1 aromatic heterocycles. The molecule has 1 heterocycles. The van der Waals surface area contributed by atoms with Crippen molar-refractivity contribution in [2.75, 3.05) is 0 Å². The van der Waals surface area contributed by atoms with Crippen molar-refractivity contribution in [2.45, 2.75) is 0 Å². The van der Waals surface area contributed by atoms with Gasteiger partial charge in [0.15, 0.2) is 0 Å². The number of nitriles is 1. The molecule has 0 amide bonds. The van der Waals surface area contributed by atoms with Gasteiger partial charge in [0.05, 0.1) is 5.56 Å². The maximum atomic E-state index is 8.64. The molecule has 0 aliphatic heterocycles. The Hall–Kier alpha value is -2.67. The number of aromatic nitrogens is 1. The molecule has 0 aliphatic rings. The highest BCUT2D eigenvalue weighted by molar-refractivity contribution is 5.95. The van der Waals surface area contributed by atoms with E-state index in [2.05, 4.69) is 9.98 Å². The van der Waals surface area contributed by atoms with Gasteiger partial charge in [-0.25, -0.2) is 0 Å². The summed E-state index contributed by atoms with van der Waals surface area (Å²) in [6, 6.07) is 12.7. The molecule has 0 saturated carbocycles. The van der Waals surface area contributed by atoms with Crippen LogP contribution < -0.4 is 4.74 Å². The summed E-state index contributed by atoms with van der Waals surface area (Å²) in [6.07, 6.45) is 4.97. The fraction of sp³-hybridized carbons (Fsp3) is 0. The van der Waals surface area contributed by atoms with E-state index in [0.29, 0.717) is 11.3 Å². The molecular formula is C13H9N3O. The predicted molar refractivity (Wildman–Crippen MR) is 63.5 cm³/mol. The third kappa shape index (κ3) is 2.89. The molecule has 0 bridgehead atoms. The van der Waals surface area contributed by atoms with E-state index in [-0.39, 0.29) is 5.90 Å². The number of aliphatic imine (C=N–C) groups is 1. The highest BCUT2D eigenvalue weighted by atomic mass is 16.5. The van der Waals surface area contributed by atoms with Gasteiger partial charge < -0.3 is 4.74 Å². The van der Waals surface area contributed by atoms with Crippen LogP contribution in [-0.2, 0) is 0 Å². The second kappa shape index (κ2) is 5.42. The number of benzene rings is 1. The van der Waals surface area contributed by atoms with Crippen LogP contribution in [0.3, 0.4) is 0 Å². The van der Waals surface area contributed by atoms with E-state index in [1.165, 1.54) is 0 Å². The number of ether oxygens (including phenoxy) is 1. The molecule has 4 nitrogen and oxygen atoms in total. The molecule has 2 aromatic rings. The summed E-state index contributed by atoms with van der Waals surface area (Å²) in [5, 5.41) is 8.64. The fourth-order valence-corrected chi connectivity index (χ4v) is 1.28. The first-order chi connectivity index (χ1) is 8.40. The molecular weight excluding hydrogens is 214 g/mol. The average molecular weight is 223 g/mol. The number of pyridine rings is 1. The van der Waals surface area contributed by atoms with Gasteiger partial charge >= 0.3 is 0 Å². The molecule has 1 aromatic carbocycles. The van der Waals surface area contributed by atoms with Crippen LogP contribution in [0.15, 0.2) is 59.9 Å². The smallest absolute Gasteiger partial charge is 0.238 e. The molecule has 0 saturated heterocycles. The van der Waals surface area contributed by atoms with Crippen LogP contribution in [0, 0.1) is 11.5 Å². The maximum Gasteiger partial charge on any atom is 0.238 e. The number of hydrogen-bond acceptors (Lipinski definition) is 4. The second-order valence-corrected chi connectivity index (χ2v) is 3.17. The van der Waals surface area contributed by atoms with Crippen molar-refractivity contribution in [2.24, 2.45) is 4.99 Å². The third-order valence-corrected chi connectivity index (χ3v) is 2.02. The van der Waals surface area contributed by atoms with Crippen LogP contribution in [0.1, 0.15) is 5.56 Å². The van der Waals surface area contributed by atoms with Gasteiger partial charge in [0.25, 0.3) is 0 Å². The van der Waals surface area contributed by atoms with Gasteiger partial charge in [-0.2, -0.15) is 5.26 Å². The molecule has 17 heavy (non-hydrogen) atoms. The van der Waals surface area contributed by atoms with E-state index in [0.717, 1.165) is 0 Å². The van der Waals surface area contributed by atoms with Gasteiger partial charge in [0, 0.05) is 12.4 Å².